The van der Waals surface area contributed by atoms with Crippen LogP contribution in [0.4, 0.5) is 0 Å². The zero-order chi connectivity index (χ0) is 12.1. The highest BCUT2D eigenvalue weighted by Gasteiger charge is 2.30. The number of nitrogens with zero attached hydrogens (tertiary/aromatic N) is 2. The van der Waals surface area contributed by atoms with E-state index in [1.54, 1.807) is 6.20 Å². The number of aromatic nitrogens is 1. The average molecular weight is 230 g/mol. The van der Waals surface area contributed by atoms with Gasteiger partial charge in [-0.05, 0) is 30.9 Å². The Labute approximate surface area is 102 Å². The van der Waals surface area contributed by atoms with Crippen LogP contribution >= 0.6 is 0 Å². The van der Waals surface area contributed by atoms with Crippen LogP contribution in [-0.2, 0) is 11.2 Å². The number of pyridine rings is 1. The standard InChI is InChI=1S/C14H18N2O/c1-2-3-8-16-9-6-13(14(16)17)10-12-5-4-7-15-11-12/h3-5,7-8,11,13H,2,6,9-10H2,1H3. The Morgan fingerprint density at radius 2 is 2.47 bits per heavy atom. The fourth-order valence-corrected chi connectivity index (χ4v) is 2.14. The summed E-state index contributed by atoms with van der Waals surface area (Å²) in [7, 11) is 0. The van der Waals surface area contributed by atoms with E-state index in [1.165, 1.54) is 0 Å². The van der Waals surface area contributed by atoms with Crippen molar-refractivity contribution in [3.05, 3.63) is 42.4 Å². The van der Waals surface area contributed by atoms with Crippen molar-refractivity contribution in [2.45, 2.75) is 26.2 Å². The van der Waals surface area contributed by atoms with Gasteiger partial charge in [0.25, 0.3) is 0 Å². The molecular formula is C14H18N2O. The molecule has 0 aliphatic carbocycles. The summed E-state index contributed by atoms with van der Waals surface area (Å²) in [6.45, 7) is 2.92. The van der Waals surface area contributed by atoms with Gasteiger partial charge in [0, 0.05) is 31.1 Å². The van der Waals surface area contributed by atoms with Gasteiger partial charge in [-0.15, -0.1) is 0 Å². The molecule has 1 fully saturated rings. The molecule has 90 valence electrons. The van der Waals surface area contributed by atoms with Crippen molar-refractivity contribution in [1.29, 1.82) is 0 Å². The van der Waals surface area contributed by atoms with Crippen LogP contribution in [0.2, 0.25) is 0 Å². The number of allylic oxidation sites excluding steroid dienone is 1. The summed E-state index contributed by atoms with van der Waals surface area (Å²) in [5.41, 5.74) is 1.15. The van der Waals surface area contributed by atoms with E-state index in [1.807, 2.05) is 35.5 Å². The van der Waals surface area contributed by atoms with E-state index in [2.05, 4.69) is 11.9 Å². The van der Waals surface area contributed by atoms with Crippen LogP contribution in [0.3, 0.4) is 0 Å². The van der Waals surface area contributed by atoms with Gasteiger partial charge in [0.15, 0.2) is 0 Å². The fourth-order valence-electron chi connectivity index (χ4n) is 2.14. The monoisotopic (exact) mass is 230 g/mol. The van der Waals surface area contributed by atoms with Gasteiger partial charge in [-0.3, -0.25) is 9.78 Å². The SMILES string of the molecule is CCC=CN1CCC(Cc2cccnc2)C1=O. The van der Waals surface area contributed by atoms with Crippen molar-refractivity contribution in [3.63, 3.8) is 0 Å². The number of hydrogen-bond acceptors (Lipinski definition) is 2. The lowest BCUT2D eigenvalue weighted by atomic mass is 9.99. The number of rotatable bonds is 4. The molecule has 2 heterocycles. The maximum absolute atomic E-state index is 12.1. The minimum atomic E-state index is 0.126. The van der Waals surface area contributed by atoms with Gasteiger partial charge in [0.2, 0.25) is 5.91 Å². The summed E-state index contributed by atoms with van der Waals surface area (Å²) in [6.07, 6.45) is 10.3. The Hall–Kier alpha value is -1.64. The Morgan fingerprint density at radius 1 is 1.59 bits per heavy atom. The third kappa shape index (κ3) is 2.93. The third-order valence-electron chi connectivity index (χ3n) is 3.08. The predicted octanol–water partition coefficient (Wildman–Crippen LogP) is 2.40. The van der Waals surface area contributed by atoms with Crippen LogP contribution in [0, 0.1) is 5.92 Å². The quantitative estimate of drug-likeness (QED) is 0.795. The minimum absolute atomic E-state index is 0.126. The second-order valence-corrected chi connectivity index (χ2v) is 4.38. The molecule has 0 radical (unpaired) electrons. The molecule has 3 nitrogen and oxygen atoms in total. The van der Waals surface area contributed by atoms with Gasteiger partial charge in [0.1, 0.15) is 0 Å². The number of carbonyl (C=O) groups is 1. The fraction of sp³-hybridized carbons (Fsp3) is 0.429. The third-order valence-corrected chi connectivity index (χ3v) is 3.08. The Kier molecular flexibility index (Phi) is 3.91. The zero-order valence-electron chi connectivity index (χ0n) is 10.2. The Morgan fingerprint density at radius 3 is 3.18 bits per heavy atom. The van der Waals surface area contributed by atoms with E-state index in [9.17, 15) is 4.79 Å². The first-order valence-electron chi connectivity index (χ1n) is 6.17. The molecule has 1 aliphatic rings. The van der Waals surface area contributed by atoms with E-state index >= 15 is 0 Å². The van der Waals surface area contributed by atoms with Gasteiger partial charge in [-0.2, -0.15) is 0 Å². The average Bonchev–Trinajstić information content (AvgIpc) is 2.70. The van der Waals surface area contributed by atoms with E-state index in [0.717, 1.165) is 31.4 Å². The first kappa shape index (κ1) is 11.8. The van der Waals surface area contributed by atoms with Gasteiger partial charge < -0.3 is 4.90 Å². The minimum Gasteiger partial charge on any atom is -0.319 e. The van der Waals surface area contributed by atoms with Crippen LogP contribution in [0.1, 0.15) is 25.3 Å². The molecular weight excluding hydrogens is 212 g/mol. The van der Waals surface area contributed by atoms with Crippen molar-refractivity contribution < 1.29 is 4.79 Å². The van der Waals surface area contributed by atoms with Crippen molar-refractivity contribution in [3.8, 4) is 0 Å². The van der Waals surface area contributed by atoms with Crippen molar-refractivity contribution >= 4 is 5.91 Å². The highest BCUT2D eigenvalue weighted by molar-refractivity contribution is 5.82. The molecule has 17 heavy (non-hydrogen) atoms. The van der Waals surface area contributed by atoms with Crippen molar-refractivity contribution in [1.82, 2.24) is 9.88 Å². The molecule has 0 saturated carbocycles. The summed E-state index contributed by atoms with van der Waals surface area (Å²) in [4.78, 5) is 18.0. The van der Waals surface area contributed by atoms with Gasteiger partial charge in [-0.25, -0.2) is 0 Å². The summed E-state index contributed by atoms with van der Waals surface area (Å²) < 4.78 is 0. The first-order chi connectivity index (χ1) is 8.31. The topological polar surface area (TPSA) is 33.2 Å². The second-order valence-electron chi connectivity index (χ2n) is 4.38. The smallest absolute Gasteiger partial charge is 0.230 e. The molecule has 2 rings (SSSR count). The summed E-state index contributed by atoms with van der Waals surface area (Å²) >= 11 is 0. The zero-order valence-corrected chi connectivity index (χ0v) is 10.2. The Balaban J connectivity index is 1.96. The molecule has 0 spiro atoms. The van der Waals surface area contributed by atoms with Gasteiger partial charge in [-0.1, -0.05) is 19.1 Å². The van der Waals surface area contributed by atoms with Crippen LogP contribution in [0.5, 0.6) is 0 Å². The number of hydrogen-bond donors (Lipinski definition) is 0. The van der Waals surface area contributed by atoms with Crippen LogP contribution in [0.25, 0.3) is 0 Å². The van der Waals surface area contributed by atoms with Crippen molar-refractivity contribution in [2.24, 2.45) is 5.92 Å². The summed E-state index contributed by atoms with van der Waals surface area (Å²) in [6, 6.07) is 3.95. The molecule has 1 aromatic rings. The van der Waals surface area contributed by atoms with Crippen LogP contribution in [-0.4, -0.2) is 22.3 Å². The maximum Gasteiger partial charge on any atom is 0.230 e. The predicted molar refractivity (Wildman–Crippen MR) is 67.2 cm³/mol. The summed E-state index contributed by atoms with van der Waals surface area (Å²) in [5, 5.41) is 0. The molecule has 0 bridgehead atoms. The van der Waals surface area contributed by atoms with Gasteiger partial charge >= 0.3 is 0 Å². The lowest BCUT2D eigenvalue weighted by Crippen LogP contribution is -2.22. The highest BCUT2D eigenvalue weighted by atomic mass is 16.2. The van der Waals surface area contributed by atoms with Crippen LogP contribution in [0.15, 0.2) is 36.8 Å². The largest absolute Gasteiger partial charge is 0.319 e. The molecule has 1 atom stereocenters. The van der Waals surface area contributed by atoms with E-state index in [0.29, 0.717) is 0 Å². The molecule has 0 aromatic carbocycles. The maximum atomic E-state index is 12.1. The molecule has 3 heteroatoms. The van der Waals surface area contributed by atoms with E-state index in [-0.39, 0.29) is 11.8 Å². The lowest BCUT2D eigenvalue weighted by molar-refractivity contribution is -0.128. The number of likely N-dealkylation sites (tertiary alicyclic amines) is 1. The molecule has 0 N–H and O–H groups in total. The molecule has 1 aromatic heterocycles. The highest BCUT2D eigenvalue weighted by Crippen LogP contribution is 2.22. The number of amides is 1. The van der Waals surface area contributed by atoms with E-state index < -0.39 is 0 Å². The number of carbonyl (C=O) groups excluding carboxylic acids is 1. The molecule has 1 unspecified atom stereocenters. The van der Waals surface area contributed by atoms with E-state index in [4.69, 9.17) is 0 Å². The van der Waals surface area contributed by atoms with Gasteiger partial charge in [0.05, 0.1) is 0 Å². The lowest BCUT2D eigenvalue weighted by Gasteiger charge is -2.11. The molecule has 1 saturated heterocycles. The van der Waals surface area contributed by atoms with Crippen molar-refractivity contribution in [2.75, 3.05) is 6.54 Å². The summed E-state index contributed by atoms with van der Waals surface area (Å²) in [5.74, 6) is 0.374. The molecule has 1 aliphatic heterocycles. The molecule has 1 amide bonds. The normalized spacial score (nSPS) is 20.4. The second kappa shape index (κ2) is 5.62. The Bertz CT molecular complexity index is 400. The first-order valence-corrected chi connectivity index (χ1v) is 6.17. The van der Waals surface area contributed by atoms with Crippen LogP contribution < -0.4 is 0 Å².